The molecule has 0 fully saturated rings. The summed E-state index contributed by atoms with van der Waals surface area (Å²) in [5.74, 6) is 2.37. The highest BCUT2D eigenvalue weighted by atomic mass is 127. The monoisotopic (exact) mass is 509 g/mol. The van der Waals surface area contributed by atoms with Gasteiger partial charge in [0.25, 0.3) is 0 Å². The van der Waals surface area contributed by atoms with Gasteiger partial charge in [0.05, 0.1) is 11.0 Å². The topological polar surface area (TPSA) is 72.1 Å². The van der Waals surface area contributed by atoms with Crippen molar-refractivity contribution in [2.24, 2.45) is 10.9 Å². The molecular weight excluding hydrogens is 477 g/mol. The molecular formula is C21H32IN7. The Kier molecular flexibility index (Phi) is 9.43. The molecule has 2 N–H and O–H groups in total. The smallest absolute Gasteiger partial charge is 0.191 e. The number of nitrogens with zero attached hydrogens (tertiary/aromatic N) is 5. The van der Waals surface area contributed by atoms with Crippen molar-refractivity contribution in [1.82, 2.24) is 30.0 Å². The molecule has 0 spiro atoms. The Labute approximate surface area is 190 Å². The number of hydrogen-bond donors (Lipinski definition) is 2. The molecule has 0 amide bonds. The number of guanidine groups is 1. The predicted molar refractivity (Wildman–Crippen MR) is 130 cm³/mol. The number of rotatable bonds is 9. The second kappa shape index (κ2) is 11.8. The van der Waals surface area contributed by atoms with Gasteiger partial charge in [-0.25, -0.2) is 4.98 Å². The van der Waals surface area contributed by atoms with E-state index in [2.05, 4.69) is 64.3 Å². The summed E-state index contributed by atoms with van der Waals surface area (Å²) in [6.07, 6.45) is 4.81. The lowest BCUT2D eigenvalue weighted by Gasteiger charge is -2.14. The van der Waals surface area contributed by atoms with E-state index in [1.807, 2.05) is 29.2 Å². The molecule has 2 aromatic heterocycles. The van der Waals surface area contributed by atoms with Gasteiger partial charge in [0.2, 0.25) is 0 Å². The minimum Gasteiger partial charge on any atom is -0.357 e. The maximum atomic E-state index is 4.73. The van der Waals surface area contributed by atoms with Crippen LogP contribution in [0, 0.1) is 12.8 Å². The lowest BCUT2D eigenvalue weighted by molar-refractivity contribution is 0.458. The fourth-order valence-corrected chi connectivity index (χ4v) is 3.30. The number of fused-ring (bicyclic) bond motifs is 1. The third-order valence-corrected chi connectivity index (χ3v) is 4.66. The van der Waals surface area contributed by atoms with Crippen LogP contribution in [0.5, 0.6) is 0 Å². The Morgan fingerprint density at radius 3 is 2.79 bits per heavy atom. The molecule has 1 aromatic carbocycles. The summed E-state index contributed by atoms with van der Waals surface area (Å²) in [4.78, 5) is 9.37. The molecule has 0 bridgehead atoms. The summed E-state index contributed by atoms with van der Waals surface area (Å²) < 4.78 is 4.24. The second-order valence-electron chi connectivity index (χ2n) is 7.13. The summed E-state index contributed by atoms with van der Waals surface area (Å²) >= 11 is 0. The lowest BCUT2D eigenvalue weighted by Crippen LogP contribution is -2.38. The van der Waals surface area contributed by atoms with Gasteiger partial charge < -0.3 is 15.2 Å². The van der Waals surface area contributed by atoms with Gasteiger partial charge in [-0.15, -0.1) is 24.0 Å². The number of nitrogens with one attached hydrogen (secondary N) is 2. The molecule has 8 heteroatoms. The third-order valence-electron chi connectivity index (χ3n) is 4.66. The van der Waals surface area contributed by atoms with Crippen molar-refractivity contribution in [2.45, 2.75) is 40.3 Å². The van der Waals surface area contributed by atoms with Crippen molar-refractivity contribution in [1.29, 1.82) is 0 Å². The number of aryl methyl sites for hydroxylation is 2. The first kappa shape index (κ1) is 23.2. The van der Waals surface area contributed by atoms with E-state index in [4.69, 9.17) is 4.99 Å². The average molecular weight is 509 g/mol. The van der Waals surface area contributed by atoms with E-state index in [-0.39, 0.29) is 24.0 Å². The van der Waals surface area contributed by atoms with Gasteiger partial charge in [-0.05, 0) is 44.4 Å². The summed E-state index contributed by atoms with van der Waals surface area (Å²) in [5, 5.41) is 11.0. The Balaban J connectivity index is 0.00000300. The molecule has 0 aliphatic carbocycles. The number of aliphatic imine (C=N–C) groups is 1. The number of para-hydroxylation sites is 2. The zero-order valence-corrected chi connectivity index (χ0v) is 19.8. The van der Waals surface area contributed by atoms with Crippen molar-refractivity contribution in [2.75, 3.05) is 19.6 Å². The largest absolute Gasteiger partial charge is 0.357 e. The summed E-state index contributed by atoms with van der Waals surface area (Å²) in [6.45, 7) is 10.7. The van der Waals surface area contributed by atoms with Crippen molar-refractivity contribution in [3.8, 4) is 0 Å². The van der Waals surface area contributed by atoms with Crippen molar-refractivity contribution in [3.05, 3.63) is 48.5 Å². The number of benzene rings is 1. The zero-order chi connectivity index (χ0) is 19.8. The number of halogens is 1. The number of imidazole rings is 1. The number of hydrogen-bond acceptors (Lipinski definition) is 3. The van der Waals surface area contributed by atoms with Gasteiger partial charge in [0, 0.05) is 45.1 Å². The van der Waals surface area contributed by atoms with Crippen LogP contribution in [-0.2, 0) is 13.1 Å². The van der Waals surface area contributed by atoms with E-state index in [1.54, 1.807) is 0 Å². The van der Waals surface area contributed by atoms with Crippen molar-refractivity contribution >= 4 is 41.0 Å². The van der Waals surface area contributed by atoms with Gasteiger partial charge in [-0.2, -0.15) is 5.10 Å². The number of aromatic nitrogens is 4. The average Bonchev–Trinajstić information content (AvgIpc) is 3.30. The maximum Gasteiger partial charge on any atom is 0.191 e. The SMILES string of the molecule is CCNC(=NCC(C)Cn1cccn1)NCCCn1c(C)nc2ccccc21.I. The third kappa shape index (κ3) is 6.73. The van der Waals surface area contributed by atoms with Crippen LogP contribution >= 0.6 is 24.0 Å². The minimum absolute atomic E-state index is 0. The molecule has 3 rings (SSSR count). The lowest BCUT2D eigenvalue weighted by atomic mass is 10.2. The minimum atomic E-state index is 0. The predicted octanol–water partition coefficient (Wildman–Crippen LogP) is 3.44. The van der Waals surface area contributed by atoms with E-state index in [0.717, 1.165) is 56.4 Å². The fourth-order valence-electron chi connectivity index (χ4n) is 3.30. The van der Waals surface area contributed by atoms with Gasteiger partial charge in [-0.3, -0.25) is 9.67 Å². The normalized spacial score (nSPS) is 12.6. The molecule has 0 saturated heterocycles. The van der Waals surface area contributed by atoms with Crippen LogP contribution in [-0.4, -0.2) is 44.9 Å². The Morgan fingerprint density at radius 2 is 2.03 bits per heavy atom. The van der Waals surface area contributed by atoms with E-state index in [9.17, 15) is 0 Å². The molecule has 0 radical (unpaired) electrons. The van der Waals surface area contributed by atoms with Crippen LogP contribution < -0.4 is 10.6 Å². The second-order valence-corrected chi connectivity index (χ2v) is 7.13. The molecule has 29 heavy (non-hydrogen) atoms. The summed E-state index contributed by atoms with van der Waals surface area (Å²) in [7, 11) is 0. The molecule has 1 atom stereocenters. The van der Waals surface area contributed by atoms with Gasteiger partial charge in [0.15, 0.2) is 5.96 Å². The van der Waals surface area contributed by atoms with Crippen LogP contribution in [0.4, 0.5) is 0 Å². The maximum absolute atomic E-state index is 4.73. The standard InChI is InChI=1S/C21H31N7.HI/c1-4-22-21(24-15-17(2)16-27-13-8-12-25-27)23-11-7-14-28-18(3)26-19-9-5-6-10-20(19)28;/h5-6,8-10,12-13,17H,4,7,11,14-16H2,1-3H3,(H2,22,23,24);1H. The highest BCUT2D eigenvalue weighted by Gasteiger charge is 2.07. The molecule has 0 saturated carbocycles. The van der Waals surface area contributed by atoms with E-state index in [0.29, 0.717) is 5.92 Å². The quantitative estimate of drug-likeness (QED) is 0.201. The van der Waals surface area contributed by atoms with E-state index in [1.165, 1.54) is 5.52 Å². The first-order chi connectivity index (χ1) is 13.7. The molecule has 0 aliphatic rings. The van der Waals surface area contributed by atoms with Crippen LogP contribution in [0.2, 0.25) is 0 Å². The van der Waals surface area contributed by atoms with Gasteiger partial charge in [-0.1, -0.05) is 19.1 Å². The molecule has 3 aromatic rings. The molecule has 158 valence electrons. The Hall–Kier alpha value is -2.10. The van der Waals surface area contributed by atoms with Crippen LogP contribution in [0.25, 0.3) is 11.0 Å². The van der Waals surface area contributed by atoms with E-state index >= 15 is 0 Å². The molecule has 1 unspecified atom stereocenters. The van der Waals surface area contributed by atoms with Crippen LogP contribution in [0.3, 0.4) is 0 Å². The van der Waals surface area contributed by atoms with Crippen LogP contribution in [0.1, 0.15) is 26.1 Å². The van der Waals surface area contributed by atoms with E-state index < -0.39 is 0 Å². The van der Waals surface area contributed by atoms with Gasteiger partial charge in [0.1, 0.15) is 5.82 Å². The molecule has 0 aliphatic heterocycles. The Morgan fingerprint density at radius 1 is 1.21 bits per heavy atom. The zero-order valence-electron chi connectivity index (χ0n) is 17.5. The summed E-state index contributed by atoms with van der Waals surface area (Å²) in [5.41, 5.74) is 2.27. The first-order valence-corrected chi connectivity index (χ1v) is 10.1. The Bertz CT molecular complexity index is 886. The molecule has 7 nitrogen and oxygen atoms in total. The van der Waals surface area contributed by atoms with Crippen molar-refractivity contribution < 1.29 is 0 Å². The van der Waals surface area contributed by atoms with Crippen LogP contribution in [0.15, 0.2) is 47.7 Å². The fraction of sp³-hybridized carbons (Fsp3) is 0.476. The highest BCUT2D eigenvalue weighted by Crippen LogP contribution is 2.15. The summed E-state index contributed by atoms with van der Waals surface area (Å²) in [6, 6.07) is 10.3. The van der Waals surface area contributed by atoms with Gasteiger partial charge >= 0.3 is 0 Å². The molecule has 2 heterocycles. The first-order valence-electron chi connectivity index (χ1n) is 10.1. The van der Waals surface area contributed by atoms with Crippen molar-refractivity contribution in [3.63, 3.8) is 0 Å². The highest BCUT2D eigenvalue weighted by molar-refractivity contribution is 14.0.